The first-order chi connectivity index (χ1) is 8.66. The Labute approximate surface area is 104 Å². The van der Waals surface area contributed by atoms with Gasteiger partial charge in [0.2, 0.25) is 5.91 Å². The van der Waals surface area contributed by atoms with Gasteiger partial charge in [0.05, 0.1) is 17.5 Å². The molecule has 18 heavy (non-hydrogen) atoms. The van der Waals surface area contributed by atoms with Crippen LogP contribution in [0.4, 0.5) is 5.82 Å². The first-order valence-corrected chi connectivity index (χ1v) is 5.84. The molecule has 7 nitrogen and oxygen atoms in total. The number of fused-ring (bicyclic) bond motifs is 1. The van der Waals surface area contributed by atoms with Crippen molar-refractivity contribution < 1.29 is 4.79 Å². The molecule has 1 unspecified atom stereocenters. The summed E-state index contributed by atoms with van der Waals surface area (Å²) in [6.45, 7) is 1.41. The third-order valence-electron chi connectivity index (χ3n) is 3.40. The average molecular weight is 246 g/mol. The summed E-state index contributed by atoms with van der Waals surface area (Å²) >= 11 is 0. The Kier molecular flexibility index (Phi) is 2.39. The molecule has 3 heterocycles. The van der Waals surface area contributed by atoms with Crippen molar-refractivity contribution in [3.05, 3.63) is 12.5 Å². The van der Waals surface area contributed by atoms with Crippen LogP contribution >= 0.6 is 0 Å². The lowest BCUT2D eigenvalue weighted by atomic mass is 10.1. The third kappa shape index (κ3) is 1.59. The van der Waals surface area contributed by atoms with Crippen LogP contribution in [0.5, 0.6) is 0 Å². The zero-order valence-electron chi connectivity index (χ0n) is 10.1. The summed E-state index contributed by atoms with van der Waals surface area (Å²) in [6, 6.07) is 0. The maximum Gasteiger partial charge on any atom is 0.222 e. The predicted octanol–water partition coefficient (Wildman–Crippen LogP) is -0.325. The molecule has 7 heteroatoms. The number of amides is 1. The van der Waals surface area contributed by atoms with Crippen molar-refractivity contribution in [1.82, 2.24) is 19.7 Å². The highest BCUT2D eigenvalue weighted by molar-refractivity contribution is 5.87. The van der Waals surface area contributed by atoms with Crippen LogP contribution in [0.2, 0.25) is 0 Å². The van der Waals surface area contributed by atoms with E-state index in [1.165, 1.54) is 6.33 Å². The van der Waals surface area contributed by atoms with Crippen molar-refractivity contribution in [1.29, 1.82) is 0 Å². The van der Waals surface area contributed by atoms with Crippen LogP contribution in [0.15, 0.2) is 12.5 Å². The molecule has 2 N–H and O–H groups in total. The number of carbonyl (C=O) groups is 1. The maximum absolute atomic E-state index is 11.2. The lowest BCUT2D eigenvalue weighted by Crippen LogP contribution is -2.27. The summed E-state index contributed by atoms with van der Waals surface area (Å²) in [4.78, 5) is 21.8. The highest BCUT2D eigenvalue weighted by Gasteiger charge is 2.28. The molecule has 1 saturated heterocycles. The first kappa shape index (κ1) is 10.9. The second-order valence-corrected chi connectivity index (χ2v) is 4.54. The molecule has 1 fully saturated rings. The molecule has 0 aromatic carbocycles. The average Bonchev–Trinajstić information content (AvgIpc) is 2.97. The highest BCUT2D eigenvalue weighted by atomic mass is 16.1. The van der Waals surface area contributed by atoms with E-state index >= 15 is 0 Å². The molecular weight excluding hydrogens is 232 g/mol. The summed E-state index contributed by atoms with van der Waals surface area (Å²) in [5.74, 6) is 0.498. The molecule has 3 rings (SSSR count). The van der Waals surface area contributed by atoms with Gasteiger partial charge in [0, 0.05) is 20.1 Å². The molecule has 0 aliphatic carbocycles. The number of hydrogen-bond donors (Lipinski definition) is 1. The van der Waals surface area contributed by atoms with Crippen molar-refractivity contribution in [3.8, 4) is 0 Å². The fourth-order valence-electron chi connectivity index (χ4n) is 2.39. The minimum atomic E-state index is -0.242. The van der Waals surface area contributed by atoms with E-state index in [9.17, 15) is 4.79 Å². The van der Waals surface area contributed by atoms with Gasteiger partial charge >= 0.3 is 0 Å². The first-order valence-electron chi connectivity index (χ1n) is 5.84. The van der Waals surface area contributed by atoms with Gasteiger partial charge in [-0.25, -0.2) is 9.97 Å². The summed E-state index contributed by atoms with van der Waals surface area (Å²) in [7, 11) is 1.84. The molecule has 2 aromatic rings. The number of carbonyl (C=O) groups excluding carboxylic acids is 1. The van der Waals surface area contributed by atoms with E-state index in [-0.39, 0.29) is 11.8 Å². The molecule has 2 aromatic heterocycles. The number of nitrogens with zero attached hydrogens (tertiary/aromatic N) is 5. The fourth-order valence-corrected chi connectivity index (χ4v) is 2.39. The fraction of sp³-hybridized carbons (Fsp3) is 0.455. The van der Waals surface area contributed by atoms with Crippen molar-refractivity contribution in [3.63, 3.8) is 0 Å². The zero-order valence-corrected chi connectivity index (χ0v) is 10.1. The lowest BCUT2D eigenvalue weighted by molar-refractivity contribution is -0.121. The predicted molar refractivity (Wildman–Crippen MR) is 65.8 cm³/mol. The van der Waals surface area contributed by atoms with Gasteiger partial charge in [-0.1, -0.05) is 0 Å². The van der Waals surface area contributed by atoms with Crippen molar-refractivity contribution in [2.45, 2.75) is 6.42 Å². The Morgan fingerprint density at radius 3 is 3.06 bits per heavy atom. The van der Waals surface area contributed by atoms with Gasteiger partial charge < -0.3 is 10.6 Å². The van der Waals surface area contributed by atoms with Gasteiger partial charge in [-0.3, -0.25) is 9.48 Å². The largest absolute Gasteiger partial charge is 0.369 e. The summed E-state index contributed by atoms with van der Waals surface area (Å²) in [5.41, 5.74) is 6.13. The monoisotopic (exact) mass is 246 g/mol. The number of hydrogen-bond acceptors (Lipinski definition) is 5. The van der Waals surface area contributed by atoms with Crippen LogP contribution in [0, 0.1) is 5.92 Å². The van der Waals surface area contributed by atoms with Crippen molar-refractivity contribution in [2.24, 2.45) is 18.7 Å². The number of primary amides is 1. The molecule has 0 spiro atoms. The van der Waals surface area contributed by atoms with E-state index in [1.54, 1.807) is 10.9 Å². The summed E-state index contributed by atoms with van der Waals surface area (Å²) in [6.07, 6.45) is 4.06. The highest BCUT2D eigenvalue weighted by Crippen LogP contribution is 2.27. The van der Waals surface area contributed by atoms with Crippen LogP contribution in [-0.4, -0.2) is 38.7 Å². The number of nitrogens with two attached hydrogens (primary N) is 1. The molecule has 1 aliphatic heterocycles. The molecule has 0 bridgehead atoms. The minimum Gasteiger partial charge on any atom is -0.369 e. The number of aryl methyl sites for hydroxylation is 1. The van der Waals surface area contributed by atoms with Crippen LogP contribution in [0.3, 0.4) is 0 Å². The van der Waals surface area contributed by atoms with E-state index in [4.69, 9.17) is 5.73 Å². The van der Waals surface area contributed by atoms with E-state index in [2.05, 4.69) is 20.0 Å². The van der Waals surface area contributed by atoms with Crippen molar-refractivity contribution >= 4 is 22.8 Å². The molecular formula is C11H14N6O. The van der Waals surface area contributed by atoms with Gasteiger partial charge in [0.25, 0.3) is 0 Å². The normalized spacial score (nSPS) is 19.6. The topological polar surface area (TPSA) is 89.9 Å². The Bertz CT molecular complexity index is 607. The van der Waals surface area contributed by atoms with Gasteiger partial charge in [-0.2, -0.15) is 5.10 Å². The maximum atomic E-state index is 11.2. The molecule has 94 valence electrons. The zero-order chi connectivity index (χ0) is 12.7. The second-order valence-electron chi connectivity index (χ2n) is 4.54. The van der Waals surface area contributed by atoms with E-state index < -0.39 is 0 Å². The number of rotatable bonds is 2. The minimum absolute atomic E-state index is 0.0910. The number of aromatic nitrogens is 4. The number of anilines is 1. The smallest absolute Gasteiger partial charge is 0.222 e. The van der Waals surface area contributed by atoms with Crippen LogP contribution in [0.1, 0.15) is 6.42 Å². The molecule has 0 radical (unpaired) electrons. The van der Waals surface area contributed by atoms with Crippen LogP contribution in [-0.2, 0) is 11.8 Å². The lowest BCUT2D eigenvalue weighted by Gasteiger charge is -2.17. The molecule has 1 aliphatic rings. The molecule has 1 amide bonds. The van der Waals surface area contributed by atoms with E-state index in [1.807, 2.05) is 7.05 Å². The van der Waals surface area contributed by atoms with Gasteiger partial charge in [0.1, 0.15) is 12.1 Å². The summed E-state index contributed by atoms with van der Waals surface area (Å²) < 4.78 is 1.71. The molecule has 0 saturated carbocycles. The second kappa shape index (κ2) is 3.94. The van der Waals surface area contributed by atoms with Crippen LogP contribution < -0.4 is 10.6 Å². The molecule has 1 atom stereocenters. The third-order valence-corrected chi connectivity index (χ3v) is 3.40. The Balaban J connectivity index is 1.98. The van der Waals surface area contributed by atoms with Crippen molar-refractivity contribution in [2.75, 3.05) is 18.0 Å². The quantitative estimate of drug-likeness (QED) is 0.784. The van der Waals surface area contributed by atoms with Gasteiger partial charge in [-0.05, 0) is 6.42 Å². The van der Waals surface area contributed by atoms with E-state index in [0.29, 0.717) is 6.54 Å². The Morgan fingerprint density at radius 1 is 1.50 bits per heavy atom. The van der Waals surface area contributed by atoms with E-state index in [0.717, 1.165) is 29.8 Å². The van der Waals surface area contributed by atoms with Gasteiger partial charge in [0.15, 0.2) is 5.65 Å². The SMILES string of the molecule is Cn1ncc2c(N3CCC(C(N)=O)C3)ncnc21. The summed E-state index contributed by atoms with van der Waals surface area (Å²) in [5, 5.41) is 5.09. The van der Waals surface area contributed by atoms with Crippen LogP contribution in [0.25, 0.3) is 11.0 Å². The van der Waals surface area contributed by atoms with Gasteiger partial charge in [-0.15, -0.1) is 0 Å². The standard InChI is InChI=1S/C11H14N6O/c1-16-10-8(4-15-16)11(14-6-13-10)17-3-2-7(5-17)9(12)18/h4,6-7H,2-3,5H2,1H3,(H2,12,18). The Morgan fingerprint density at radius 2 is 2.33 bits per heavy atom. The Hall–Kier alpha value is -2.18.